The van der Waals surface area contributed by atoms with Crippen LogP contribution >= 0.6 is 0 Å². The third-order valence-electron chi connectivity index (χ3n) is 3.57. The van der Waals surface area contributed by atoms with Gasteiger partial charge in [-0.2, -0.15) is 0 Å². The molecule has 0 N–H and O–H groups in total. The van der Waals surface area contributed by atoms with Gasteiger partial charge in [-0.05, 0) is 43.7 Å². The van der Waals surface area contributed by atoms with Gasteiger partial charge in [-0.25, -0.2) is 0 Å². The van der Waals surface area contributed by atoms with E-state index in [9.17, 15) is 0 Å². The molecule has 1 aliphatic carbocycles. The smallest absolute Gasteiger partial charge is 0.00643 e. The van der Waals surface area contributed by atoms with Crippen molar-refractivity contribution in [2.24, 2.45) is 5.92 Å². The van der Waals surface area contributed by atoms with E-state index in [0.29, 0.717) is 0 Å². The molecule has 2 rings (SSSR count). The fourth-order valence-corrected chi connectivity index (χ4v) is 1.78. The Hall–Kier alpha value is -1.04. The SMILES string of the molecule is CC1=C(C)Cc2ccccc2C1.CCC(C)C. The lowest BCUT2D eigenvalue weighted by molar-refractivity contribution is 0.626. The molecule has 0 atom stereocenters. The van der Waals surface area contributed by atoms with Gasteiger partial charge < -0.3 is 0 Å². The lowest BCUT2D eigenvalue weighted by Gasteiger charge is -2.18. The van der Waals surface area contributed by atoms with E-state index in [0.717, 1.165) is 18.8 Å². The van der Waals surface area contributed by atoms with Gasteiger partial charge in [0.1, 0.15) is 0 Å². The fraction of sp³-hybridized carbons (Fsp3) is 0.529. The molecule has 0 saturated carbocycles. The molecule has 17 heavy (non-hydrogen) atoms. The minimum atomic E-state index is 0.884. The monoisotopic (exact) mass is 230 g/mol. The molecule has 0 aromatic heterocycles. The zero-order chi connectivity index (χ0) is 12.8. The van der Waals surface area contributed by atoms with Crippen molar-refractivity contribution in [1.29, 1.82) is 0 Å². The number of hydrogen-bond acceptors (Lipinski definition) is 0. The first kappa shape index (κ1) is 14.0. The maximum Gasteiger partial charge on any atom is -0.00643 e. The van der Waals surface area contributed by atoms with Gasteiger partial charge >= 0.3 is 0 Å². The van der Waals surface area contributed by atoms with Crippen molar-refractivity contribution in [3.63, 3.8) is 0 Å². The molecule has 94 valence electrons. The predicted octanol–water partition coefficient (Wildman–Crippen LogP) is 5.17. The van der Waals surface area contributed by atoms with E-state index >= 15 is 0 Å². The molecule has 0 amide bonds. The molecule has 1 aromatic carbocycles. The molecule has 0 fully saturated rings. The maximum absolute atomic E-state index is 2.24. The molecule has 0 saturated heterocycles. The Morgan fingerprint density at radius 1 is 0.941 bits per heavy atom. The molecule has 0 spiro atoms. The van der Waals surface area contributed by atoms with Gasteiger partial charge in [0.05, 0.1) is 0 Å². The topological polar surface area (TPSA) is 0 Å². The van der Waals surface area contributed by atoms with Gasteiger partial charge in [0.2, 0.25) is 0 Å². The molecule has 1 aromatic rings. The van der Waals surface area contributed by atoms with E-state index in [1.54, 1.807) is 11.1 Å². The Bertz CT molecular complexity index is 350. The Morgan fingerprint density at radius 2 is 1.29 bits per heavy atom. The van der Waals surface area contributed by atoms with E-state index in [-0.39, 0.29) is 0 Å². The van der Waals surface area contributed by atoms with Crippen molar-refractivity contribution in [1.82, 2.24) is 0 Å². The second kappa shape index (κ2) is 6.64. The largest absolute Gasteiger partial charge is 0.0697 e. The highest BCUT2D eigenvalue weighted by molar-refractivity contribution is 5.39. The third kappa shape index (κ3) is 4.38. The first-order valence-corrected chi connectivity index (χ1v) is 6.76. The summed E-state index contributed by atoms with van der Waals surface area (Å²) in [4.78, 5) is 0. The van der Waals surface area contributed by atoms with E-state index in [1.807, 2.05) is 0 Å². The summed E-state index contributed by atoms with van der Waals surface area (Å²) in [6.45, 7) is 11.1. The Balaban J connectivity index is 0.000000249. The molecular weight excluding hydrogens is 204 g/mol. The van der Waals surface area contributed by atoms with Crippen LogP contribution in [-0.4, -0.2) is 0 Å². The van der Waals surface area contributed by atoms with Gasteiger partial charge in [0.25, 0.3) is 0 Å². The molecule has 0 nitrogen and oxygen atoms in total. The van der Waals surface area contributed by atoms with Crippen LogP contribution in [-0.2, 0) is 12.8 Å². The number of allylic oxidation sites excluding steroid dienone is 2. The number of fused-ring (bicyclic) bond motifs is 1. The average molecular weight is 230 g/mol. The highest BCUT2D eigenvalue weighted by atomic mass is 14.2. The average Bonchev–Trinajstić information content (AvgIpc) is 2.31. The zero-order valence-corrected chi connectivity index (χ0v) is 12.0. The van der Waals surface area contributed by atoms with Crippen LogP contribution < -0.4 is 0 Å². The Morgan fingerprint density at radius 3 is 1.59 bits per heavy atom. The summed E-state index contributed by atoms with van der Waals surface area (Å²) in [6, 6.07) is 8.75. The van der Waals surface area contributed by atoms with Crippen LogP contribution in [0, 0.1) is 5.92 Å². The van der Waals surface area contributed by atoms with Gasteiger partial charge in [-0.1, -0.05) is 62.6 Å². The first-order valence-electron chi connectivity index (χ1n) is 6.76. The van der Waals surface area contributed by atoms with Gasteiger partial charge in [0.15, 0.2) is 0 Å². The second-order valence-electron chi connectivity index (χ2n) is 5.49. The number of benzene rings is 1. The van der Waals surface area contributed by atoms with Crippen molar-refractivity contribution in [3.8, 4) is 0 Å². The highest BCUT2D eigenvalue weighted by Crippen LogP contribution is 2.24. The summed E-state index contributed by atoms with van der Waals surface area (Å²) in [5, 5.41) is 0. The third-order valence-corrected chi connectivity index (χ3v) is 3.57. The summed E-state index contributed by atoms with van der Waals surface area (Å²) in [6.07, 6.45) is 3.62. The molecule has 0 heteroatoms. The van der Waals surface area contributed by atoms with E-state index in [1.165, 1.54) is 17.5 Å². The van der Waals surface area contributed by atoms with Crippen molar-refractivity contribution in [2.75, 3.05) is 0 Å². The Labute approximate surface area is 107 Å². The summed E-state index contributed by atoms with van der Waals surface area (Å²) in [5.74, 6) is 0.884. The normalized spacial score (nSPS) is 14.2. The lowest BCUT2D eigenvalue weighted by atomic mass is 9.88. The lowest BCUT2D eigenvalue weighted by Crippen LogP contribution is -2.04. The fourth-order valence-electron chi connectivity index (χ4n) is 1.78. The first-order chi connectivity index (χ1) is 8.04. The minimum absolute atomic E-state index is 0.884. The van der Waals surface area contributed by atoms with Gasteiger partial charge in [-0.3, -0.25) is 0 Å². The van der Waals surface area contributed by atoms with E-state index in [4.69, 9.17) is 0 Å². The van der Waals surface area contributed by atoms with Crippen LogP contribution in [0.1, 0.15) is 52.2 Å². The molecule has 0 radical (unpaired) electrons. The maximum atomic E-state index is 2.24. The molecule has 0 bridgehead atoms. The Kier molecular flexibility index (Phi) is 5.47. The molecule has 0 unspecified atom stereocenters. The van der Waals surface area contributed by atoms with E-state index in [2.05, 4.69) is 58.9 Å². The molecule has 0 aliphatic heterocycles. The summed E-state index contributed by atoms with van der Waals surface area (Å²) < 4.78 is 0. The highest BCUT2D eigenvalue weighted by Gasteiger charge is 2.10. The molecule has 1 aliphatic rings. The number of hydrogen-bond donors (Lipinski definition) is 0. The van der Waals surface area contributed by atoms with Crippen LogP contribution in [0.25, 0.3) is 0 Å². The van der Waals surface area contributed by atoms with Crippen LogP contribution in [0.15, 0.2) is 35.4 Å². The van der Waals surface area contributed by atoms with Crippen molar-refractivity contribution in [2.45, 2.75) is 53.9 Å². The van der Waals surface area contributed by atoms with E-state index < -0.39 is 0 Å². The van der Waals surface area contributed by atoms with Crippen molar-refractivity contribution < 1.29 is 0 Å². The summed E-state index contributed by atoms with van der Waals surface area (Å²) >= 11 is 0. The van der Waals surface area contributed by atoms with Crippen LogP contribution in [0.3, 0.4) is 0 Å². The van der Waals surface area contributed by atoms with Crippen molar-refractivity contribution in [3.05, 3.63) is 46.5 Å². The summed E-state index contributed by atoms with van der Waals surface area (Å²) in [7, 11) is 0. The van der Waals surface area contributed by atoms with Gasteiger partial charge in [-0.15, -0.1) is 0 Å². The quantitative estimate of drug-likeness (QED) is 0.584. The molecular formula is C17H26. The zero-order valence-electron chi connectivity index (χ0n) is 12.0. The minimum Gasteiger partial charge on any atom is -0.0697 e. The number of rotatable bonds is 1. The predicted molar refractivity (Wildman–Crippen MR) is 77.4 cm³/mol. The summed E-state index contributed by atoms with van der Waals surface area (Å²) in [5.41, 5.74) is 6.13. The van der Waals surface area contributed by atoms with Crippen LogP contribution in [0.5, 0.6) is 0 Å². The van der Waals surface area contributed by atoms with Crippen LogP contribution in [0.4, 0.5) is 0 Å². The molecule has 0 heterocycles. The van der Waals surface area contributed by atoms with Gasteiger partial charge in [0, 0.05) is 0 Å². The van der Waals surface area contributed by atoms with Crippen LogP contribution in [0.2, 0.25) is 0 Å². The standard InChI is InChI=1S/C12H14.C5H12/c1-9-7-11-5-3-4-6-12(11)8-10(9)2;1-4-5(2)3/h3-6H,7-8H2,1-2H3;5H,4H2,1-3H3. The second-order valence-corrected chi connectivity index (χ2v) is 5.49. The van der Waals surface area contributed by atoms with Crippen molar-refractivity contribution >= 4 is 0 Å².